The van der Waals surface area contributed by atoms with Gasteiger partial charge in [-0.25, -0.2) is 0 Å². The molecule has 31 heavy (non-hydrogen) atoms. The summed E-state index contributed by atoms with van der Waals surface area (Å²) in [5.41, 5.74) is 1.95. The van der Waals surface area contributed by atoms with Gasteiger partial charge in [-0.3, -0.25) is 14.5 Å². The minimum Gasteiger partial charge on any atom is -0.326 e. The van der Waals surface area contributed by atoms with E-state index in [-0.39, 0.29) is 17.6 Å². The quantitative estimate of drug-likeness (QED) is 0.703. The topological polar surface area (TPSA) is 61.4 Å². The number of hydrogen-bond acceptors (Lipinski definition) is 5. The van der Waals surface area contributed by atoms with Crippen LogP contribution in [0.5, 0.6) is 0 Å². The number of thioether (sulfide) groups is 1. The summed E-state index contributed by atoms with van der Waals surface area (Å²) in [5, 5.41) is 7.18. The van der Waals surface area contributed by atoms with Crippen LogP contribution >= 0.6 is 11.8 Å². The van der Waals surface area contributed by atoms with Crippen LogP contribution in [0.1, 0.15) is 35.2 Å². The van der Waals surface area contributed by atoms with Gasteiger partial charge in [-0.1, -0.05) is 42.5 Å². The molecule has 2 N–H and O–H groups in total. The molecule has 0 aliphatic carbocycles. The van der Waals surface area contributed by atoms with Gasteiger partial charge in [-0.2, -0.15) is 0 Å². The molecule has 4 atom stereocenters. The molecule has 0 spiro atoms. The van der Waals surface area contributed by atoms with Gasteiger partial charge in [0.05, 0.1) is 11.3 Å². The van der Waals surface area contributed by atoms with E-state index in [0.717, 1.165) is 31.8 Å². The van der Waals surface area contributed by atoms with Crippen molar-refractivity contribution in [1.82, 2.24) is 10.2 Å². The standard InChI is InChI=1S/C25H29N3O2S/c29-23(17-6-2-1-3-7-17)18-8-4-10-20(14-18)27-24(30)21-11-13-28-22(21)16-31-25(28)19-9-5-12-26-15-19/h1-4,6-8,10,14,19,21-22,25-26H,5,9,11-13,15-16H2,(H,27,30). The third-order valence-corrected chi connectivity index (χ3v) is 8.39. The largest absolute Gasteiger partial charge is 0.326 e. The van der Waals surface area contributed by atoms with E-state index in [1.165, 1.54) is 12.8 Å². The number of ketones is 1. The van der Waals surface area contributed by atoms with Crippen molar-refractivity contribution in [3.63, 3.8) is 0 Å². The Morgan fingerprint density at radius 3 is 2.68 bits per heavy atom. The molecule has 2 aromatic carbocycles. The number of nitrogens with one attached hydrogen (secondary N) is 2. The highest BCUT2D eigenvalue weighted by atomic mass is 32.2. The van der Waals surface area contributed by atoms with Crippen molar-refractivity contribution in [1.29, 1.82) is 0 Å². The Hall–Kier alpha value is -2.15. The summed E-state index contributed by atoms with van der Waals surface area (Å²) in [5.74, 6) is 1.79. The molecule has 5 nitrogen and oxygen atoms in total. The van der Waals surface area contributed by atoms with Gasteiger partial charge in [0.15, 0.2) is 5.78 Å². The lowest BCUT2D eigenvalue weighted by molar-refractivity contribution is -0.120. The van der Waals surface area contributed by atoms with Crippen LogP contribution in [0.4, 0.5) is 5.69 Å². The molecule has 2 aromatic rings. The first-order valence-electron chi connectivity index (χ1n) is 11.3. The maximum atomic E-state index is 13.1. The second kappa shape index (κ2) is 9.15. The van der Waals surface area contributed by atoms with Gasteiger partial charge >= 0.3 is 0 Å². The normalized spacial score (nSPS) is 28.3. The van der Waals surface area contributed by atoms with E-state index in [1.807, 2.05) is 54.2 Å². The second-order valence-electron chi connectivity index (χ2n) is 8.80. The van der Waals surface area contributed by atoms with Crippen LogP contribution in [0, 0.1) is 11.8 Å². The molecule has 3 aliphatic heterocycles. The third-order valence-electron chi connectivity index (χ3n) is 6.86. The number of hydrogen-bond donors (Lipinski definition) is 2. The zero-order valence-electron chi connectivity index (χ0n) is 17.6. The fourth-order valence-corrected chi connectivity index (χ4v) is 7.04. The summed E-state index contributed by atoms with van der Waals surface area (Å²) in [6, 6.07) is 16.9. The first kappa shape index (κ1) is 20.7. The number of nitrogens with zero attached hydrogens (tertiary/aromatic N) is 1. The number of fused-ring (bicyclic) bond motifs is 1. The number of amides is 1. The zero-order valence-corrected chi connectivity index (χ0v) is 18.4. The van der Waals surface area contributed by atoms with Gasteiger partial charge in [0, 0.05) is 41.7 Å². The van der Waals surface area contributed by atoms with Crippen LogP contribution in [0.15, 0.2) is 54.6 Å². The third kappa shape index (κ3) is 4.29. The molecular formula is C25H29N3O2S. The van der Waals surface area contributed by atoms with Crippen LogP contribution < -0.4 is 10.6 Å². The predicted molar refractivity (Wildman–Crippen MR) is 125 cm³/mol. The van der Waals surface area contributed by atoms with Crippen molar-refractivity contribution in [3.05, 3.63) is 65.7 Å². The van der Waals surface area contributed by atoms with E-state index in [0.29, 0.717) is 34.1 Å². The zero-order chi connectivity index (χ0) is 21.2. The van der Waals surface area contributed by atoms with E-state index in [2.05, 4.69) is 15.5 Å². The molecule has 0 bridgehead atoms. The summed E-state index contributed by atoms with van der Waals surface area (Å²) in [6.07, 6.45) is 3.45. The summed E-state index contributed by atoms with van der Waals surface area (Å²) in [4.78, 5) is 28.5. The highest BCUT2D eigenvalue weighted by Crippen LogP contribution is 2.43. The number of benzene rings is 2. The van der Waals surface area contributed by atoms with Crippen molar-refractivity contribution < 1.29 is 9.59 Å². The average molecular weight is 436 g/mol. The number of carbonyl (C=O) groups excluding carboxylic acids is 2. The molecule has 162 valence electrons. The molecule has 0 radical (unpaired) electrons. The fraction of sp³-hybridized carbons (Fsp3) is 0.440. The van der Waals surface area contributed by atoms with Crippen molar-refractivity contribution >= 4 is 29.1 Å². The highest BCUT2D eigenvalue weighted by Gasteiger charge is 2.48. The summed E-state index contributed by atoms with van der Waals surface area (Å²) >= 11 is 2.03. The molecule has 3 heterocycles. The minimum absolute atomic E-state index is 0.0162. The number of anilines is 1. The lowest BCUT2D eigenvalue weighted by Crippen LogP contribution is -2.44. The van der Waals surface area contributed by atoms with Crippen LogP contribution in [0.25, 0.3) is 0 Å². The average Bonchev–Trinajstić information content (AvgIpc) is 3.42. The van der Waals surface area contributed by atoms with Crippen LogP contribution in [-0.4, -0.2) is 53.4 Å². The van der Waals surface area contributed by atoms with E-state index in [1.54, 1.807) is 12.1 Å². The van der Waals surface area contributed by atoms with Crippen molar-refractivity contribution in [2.45, 2.75) is 30.7 Å². The molecule has 0 saturated carbocycles. The highest BCUT2D eigenvalue weighted by molar-refractivity contribution is 8.00. The predicted octanol–water partition coefficient (Wildman–Crippen LogP) is 3.62. The molecule has 3 aliphatic rings. The maximum absolute atomic E-state index is 13.1. The van der Waals surface area contributed by atoms with Gasteiger partial charge in [0.2, 0.25) is 5.91 Å². The maximum Gasteiger partial charge on any atom is 0.229 e. The van der Waals surface area contributed by atoms with E-state index < -0.39 is 0 Å². The van der Waals surface area contributed by atoms with E-state index >= 15 is 0 Å². The van der Waals surface area contributed by atoms with Gasteiger partial charge in [-0.05, 0) is 43.9 Å². The van der Waals surface area contributed by atoms with Crippen molar-refractivity contribution in [3.8, 4) is 0 Å². The van der Waals surface area contributed by atoms with Crippen LogP contribution in [-0.2, 0) is 4.79 Å². The first-order chi connectivity index (χ1) is 15.2. The van der Waals surface area contributed by atoms with E-state index in [4.69, 9.17) is 0 Å². The van der Waals surface area contributed by atoms with Crippen molar-refractivity contribution in [2.75, 3.05) is 30.7 Å². The van der Waals surface area contributed by atoms with Crippen LogP contribution in [0.3, 0.4) is 0 Å². The van der Waals surface area contributed by atoms with Gasteiger partial charge in [0.25, 0.3) is 0 Å². The Kier molecular flexibility index (Phi) is 6.12. The minimum atomic E-state index is -0.0279. The van der Waals surface area contributed by atoms with Gasteiger partial charge < -0.3 is 10.6 Å². The molecular weight excluding hydrogens is 406 g/mol. The smallest absolute Gasteiger partial charge is 0.229 e. The molecule has 6 heteroatoms. The lowest BCUT2D eigenvalue weighted by atomic mass is 9.97. The fourth-order valence-electron chi connectivity index (χ4n) is 5.26. The SMILES string of the molecule is O=C(c1ccccc1)c1cccc(NC(=O)C2CCN3C2CSC3C2CCCNC2)c1. The molecule has 0 aromatic heterocycles. The van der Waals surface area contributed by atoms with Crippen LogP contribution in [0.2, 0.25) is 0 Å². The number of rotatable bonds is 5. The Bertz CT molecular complexity index is 945. The van der Waals surface area contributed by atoms with Crippen molar-refractivity contribution in [2.24, 2.45) is 11.8 Å². The molecule has 4 unspecified atom stereocenters. The summed E-state index contributed by atoms with van der Waals surface area (Å²) in [6.45, 7) is 3.23. The summed E-state index contributed by atoms with van der Waals surface area (Å²) in [7, 11) is 0. The number of carbonyl (C=O) groups is 2. The summed E-state index contributed by atoms with van der Waals surface area (Å²) < 4.78 is 0. The Labute approximate surface area is 188 Å². The lowest BCUT2D eigenvalue weighted by Gasteiger charge is -2.33. The van der Waals surface area contributed by atoms with E-state index in [9.17, 15) is 9.59 Å². The monoisotopic (exact) mass is 435 g/mol. The Morgan fingerprint density at radius 1 is 1.03 bits per heavy atom. The molecule has 3 saturated heterocycles. The van der Waals surface area contributed by atoms with Gasteiger partial charge in [-0.15, -0.1) is 11.8 Å². The number of piperidine rings is 1. The molecule has 1 amide bonds. The Morgan fingerprint density at radius 2 is 1.87 bits per heavy atom. The molecule has 5 rings (SSSR count). The Balaban J connectivity index is 1.24. The first-order valence-corrected chi connectivity index (χ1v) is 12.3. The molecule has 3 fully saturated rings. The van der Waals surface area contributed by atoms with Gasteiger partial charge in [0.1, 0.15) is 0 Å². The second-order valence-corrected chi connectivity index (χ2v) is 9.95.